The molecule has 0 unspecified atom stereocenters. The Morgan fingerprint density at radius 2 is 1.68 bits per heavy atom. The topological polar surface area (TPSA) is 78.8 Å². The van der Waals surface area contributed by atoms with Gasteiger partial charge in [-0.25, -0.2) is 13.8 Å². The van der Waals surface area contributed by atoms with Gasteiger partial charge in [0.05, 0.1) is 16.8 Å². The van der Waals surface area contributed by atoms with Gasteiger partial charge in [0.1, 0.15) is 6.54 Å². The fourth-order valence-corrected chi connectivity index (χ4v) is 4.40. The van der Waals surface area contributed by atoms with Gasteiger partial charge in [0.2, 0.25) is 0 Å². The van der Waals surface area contributed by atoms with E-state index in [0.717, 1.165) is 15.4 Å². The van der Waals surface area contributed by atoms with Crippen LogP contribution in [0.4, 0.5) is 5.69 Å². The third kappa shape index (κ3) is 6.07. The smallest absolute Gasteiger partial charge is 0.264 e. The maximum Gasteiger partial charge on any atom is 0.264 e. The Morgan fingerprint density at radius 3 is 2.32 bits per heavy atom. The number of nitrogens with zero attached hydrogens (tertiary/aromatic N) is 2. The molecule has 1 amide bonds. The zero-order chi connectivity index (χ0) is 22.4. The van der Waals surface area contributed by atoms with Crippen LogP contribution in [0, 0.1) is 6.92 Å². The number of sulfonamides is 1. The molecule has 0 saturated carbocycles. The minimum Gasteiger partial charge on any atom is -0.271 e. The van der Waals surface area contributed by atoms with Crippen LogP contribution in [-0.2, 0) is 14.8 Å². The highest BCUT2D eigenvalue weighted by atomic mass is 35.5. The molecule has 160 valence electrons. The molecule has 0 atom stereocenters. The molecule has 0 saturated heterocycles. The maximum absolute atomic E-state index is 13.3. The lowest BCUT2D eigenvalue weighted by Crippen LogP contribution is -2.39. The van der Waals surface area contributed by atoms with Gasteiger partial charge in [0, 0.05) is 10.0 Å². The average molecular weight is 476 g/mol. The van der Waals surface area contributed by atoms with Crippen LogP contribution in [0.3, 0.4) is 0 Å². The van der Waals surface area contributed by atoms with Crippen molar-refractivity contribution in [2.45, 2.75) is 11.8 Å². The Labute approximate surface area is 191 Å². The molecule has 0 aliphatic rings. The third-order valence-corrected chi connectivity index (χ3v) is 6.54. The minimum atomic E-state index is -4.02. The molecule has 3 rings (SSSR count). The summed E-state index contributed by atoms with van der Waals surface area (Å²) >= 11 is 11.9. The van der Waals surface area contributed by atoms with E-state index in [4.69, 9.17) is 23.2 Å². The van der Waals surface area contributed by atoms with Crippen LogP contribution in [-0.4, -0.2) is 27.1 Å². The van der Waals surface area contributed by atoms with Crippen molar-refractivity contribution in [3.63, 3.8) is 0 Å². The van der Waals surface area contributed by atoms with E-state index in [2.05, 4.69) is 10.5 Å². The highest BCUT2D eigenvalue weighted by molar-refractivity contribution is 7.92. The molecule has 6 nitrogen and oxygen atoms in total. The largest absolute Gasteiger partial charge is 0.271 e. The van der Waals surface area contributed by atoms with Crippen molar-refractivity contribution in [1.82, 2.24) is 5.43 Å². The third-order valence-electron chi connectivity index (χ3n) is 4.27. The molecule has 0 spiro atoms. The summed E-state index contributed by atoms with van der Waals surface area (Å²) in [5.74, 6) is -0.610. The highest BCUT2D eigenvalue weighted by Crippen LogP contribution is 2.26. The lowest BCUT2D eigenvalue weighted by molar-refractivity contribution is -0.119. The zero-order valence-electron chi connectivity index (χ0n) is 16.5. The predicted octanol–water partition coefficient (Wildman–Crippen LogP) is 4.65. The van der Waals surface area contributed by atoms with Crippen LogP contribution in [0.15, 0.2) is 82.8 Å². The molecule has 9 heteroatoms. The summed E-state index contributed by atoms with van der Waals surface area (Å²) in [5, 5.41) is 4.82. The van der Waals surface area contributed by atoms with Crippen LogP contribution < -0.4 is 9.73 Å². The molecule has 3 aromatic rings. The van der Waals surface area contributed by atoms with E-state index < -0.39 is 22.5 Å². The first-order valence-electron chi connectivity index (χ1n) is 9.18. The summed E-state index contributed by atoms with van der Waals surface area (Å²) in [6.45, 7) is 1.38. The van der Waals surface area contributed by atoms with Gasteiger partial charge in [0.25, 0.3) is 15.9 Å². The van der Waals surface area contributed by atoms with Gasteiger partial charge >= 0.3 is 0 Å². The quantitative estimate of drug-likeness (QED) is 0.399. The minimum absolute atomic E-state index is 0.0653. The average Bonchev–Trinajstić information content (AvgIpc) is 2.73. The van der Waals surface area contributed by atoms with Gasteiger partial charge in [-0.05, 0) is 55.0 Å². The number of aryl methyl sites for hydroxylation is 1. The number of hydrogen-bond acceptors (Lipinski definition) is 4. The van der Waals surface area contributed by atoms with Gasteiger partial charge in [-0.15, -0.1) is 0 Å². The van der Waals surface area contributed by atoms with Crippen LogP contribution in [0.2, 0.25) is 10.0 Å². The first-order valence-corrected chi connectivity index (χ1v) is 11.4. The number of benzene rings is 3. The van der Waals surface area contributed by atoms with Crippen LogP contribution in [0.25, 0.3) is 0 Å². The predicted molar refractivity (Wildman–Crippen MR) is 124 cm³/mol. The van der Waals surface area contributed by atoms with Gasteiger partial charge in [-0.2, -0.15) is 5.10 Å². The van der Waals surface area contributed by atoms with E-state index >= 15 is 0 Å². The molecule has 0 fully saturated rings. The van der Waals surface area contributed by atoms with E-state index in [1.165, 1.54) is 24.4 Å². The number of hydrazone groups is 1. The fourth-order valence-electron chi connectivity index (χ4n) is 2.68. The number of nitrogens with one attached hydrogen (secondary N) is 1. The SMILES string of the molecule is Cc1ccc(S(=O)(=O)N(CC(=O)N/N=C\c2ccc(Cl)cc2)c2cccc(Cl)c2)cc1. The second-order valence-corrected chi connectivity index (χ2v) is 9.38. The Bertz CT molecular complexity index is 1200. The number of hydrogen-bond donors (Lipinski definition) is 1. The molecule has 0 bridgehead atoms. The number of amides is 1. The Hall–Kier alpha value is -2.87. The van der Waals surface area contributed by atoms with E-state index in [-0.39, 0.29) is 10.6 Å². The second-order valence-electron chi connectivity index (χ2n) is 6.65. The van der Waals surface area contributed by atoms with E-state index in [0.29, 0.717) is 10.0 Å². The fraction of sp³-hybridized carbons (Fsp3) is 0.0909. The van der Waals surface area contributed by atoms with Crippen LogP contribution in [0.1, 0.15) is 11.1 Å². The summed E-state index contributed by atoms with van der Waals surface area (Å²) in [6.07, 6.45) is 1.44. The van der Waals surface area contributed by atoms with Crippen molar-refractivity contribution < 1.29 is 13.2 Å². The van der Waals surface area contributed by atoms with Crippen LogP contribution in [0.5, 0.6) is 0 Å². The number of rotatable bonds is 7. The molecule has 1 N–H and O–H groups in total. The van der Waals surface area contributed by atoms with Crippen molar-refractivity contribution in [1.29, 1.82) is 0 Å². The Kier molecular flexibility index (Phi) is 7.33. The normalized spacial score (nSPS) is 11.5. The first-order chi connectivity index (χ1) is 14.8. The van der Waals surface area contributed by atoms with Crippen molar-refractivity contribution >= 4 is 51.0 Å². The number of carbonyl (C=O) groups excluding carboxylic acids is 1. The second kappa shape index (κ2) is 9.96. The Balaban J connectivity index is 1.83. The van der Waals surface area contributed by atoms with Gasteiger partial charge in [-0.3, -0.25) is 9.10 Å². The molecular formula is C22H19Cl2N3O3S. The van der Waals surface area contributed by atoms with Gasteiger partial charge in [0.15, 0.2) is 0 Å². The lowest BCUT2D eigenvalue weighted by Gasteiger charge is -2.24. The molecular weight excluding hydrogens is 457 g/mol. The van der Waals surface area contributed by atoms with Crippen molar-refractivity contribution in [3.05, 3.63) is 94.0 Å². The maximum atomic E-state index is 13.3. The zero-order valence-corrected chi connectivity index (χ0v) is 18.8. The summed E-state index contributed by atoms with van der Waals surface area (Å²) in [5.41, 5.74) is 4.26. The summed E-state index contributed by atoms with van der Waals surface area (Å²) in [6, 6.07) is 19.5. The van der Waals surface area contributed by atoms with Gasteiger partial charge < -0.3 is 0 Å². The number of carbonyl (C=O) groups is 1. The van der Waals surface area contributed by atoms with Crippen molar-refractivity contribution in [2.75, 3.05) is 10.8 Å². The number of halogens is 2. The van der Waals surface area contributed by atoms with Gasteiger partial charge in [-0.1, -0.05) is 59.1 Å². The summed E-state index contributed by atoms with van der Waals surface area (Å²) < 4.78 is 27.5. The van der Waals surface area contributed by atoms with E-state index in [9.17, 15) is 13.2 Å². The van der Waals surface area contributed by atoms with Crippen LogP contribution >= 0.6 is 23.2 Å². The van der Waals surface area contributed by atoms with E-state index in [1.54, 1.807) is 54.6 Å². The van der Waals surface area contributed by atoms with Crippen molar-refractivity contribution in [2.24, 2.45) is 5.10 Å². The molecule has 3 aromatic carbocycles. The molecule has 0 aromatic heterocycles. The summed E-state index contributed by atoms with van der Waals surface area (Å²) in [7, 11) is -4.02. The first kappa shape index (κ1) is 22.8. The Morgan fingerprint density at radius 1 is 1.00 bits per heavy atom. The lowest BCUT2D eigenvalue weighted by atomic mass is 10.2. The molecule has 0 radical (unpaired) electrons. The highest BCUT2D eigenvalue weighted by Gasteiger charge is 2.27. The molecule has 0 aliphatic carbocycles. The molecule has 31 heavy (non-hydrogen) atoms. The molecule has 0 heterocycles. The van der Waals surface area contributed by atoms with Crippen molar-refractivity contribution in [3.8, 4) is 0 Å². The molecule has 0 aliphatic heterocycles. The van der Waals surface area contributed by atoms with E-state index in [1.807, 2.05) is 6.92 Å². The monoisotopic (exact) mass is 475 g/mol. The summed E-state index contributed by atoms with van der Waals surface area (Å²) in [4.78, 5) is 12.6. The number of anilines is 1. The standard InChI is InChI=1S/C22H19Cl2N3O3S/c1-16-5-11-21(12-6-16)31(29,30)27(20-4-2-3-19(24)13-20)15-22(28)26-25-14-17-7-9-18(23)10-8-17/h2-14H,15H2,1H3,(H,26,28)/b25-14-.